The van der Waals surface area contributed by atoms with Gasteiger partial charge in [0.2, 0.25) is 11.8 Å². The third kappa shape index (κ3) is 6.16. The van der Waals surface area contributed by atoms with Gasteiger partial charge in [-0.25, -0.2) is 0 Å². The number of nitrogens with zero attached hydrogens (tertiary/aromatic N) is 2. The van der Waals surface area contributed by atoms with E-state index in [9.17, 15) is 14.4 Å². The second kappa shape index (κ2) is 9.75. The van der Waals surface area contributed by atoms with Gasteiger partial charge in [0, 0.05) is 51.8 Å². The molecular weight excluding hydrogens is 379 g/mol. The molecule has 0 aliphatic carbocycles. The lowest BCUT2D eigenvalue weighted by Crippen LogP contribution is -2.50. The number of carbonyl (C=O) groups excluding carboxylic acids is 3. The number of hydrogen-bond acceptors (Lipinski definition) is 4. The van der Waals surface area contributed by atoms with Crippen molar-refractivity contribution in [2.24, 2.45) is 0 Å². The molecule has 0 saturated carbocycles. The van der Waals surface area contributed by atoms with Crippen molar-refractivity contribution in [2.45, 2.75) is 6.92 Å². The SMILES string of the molecule is CC(=O)N1CCN(CCNC(=O)CNC(=O)c2ccc(Cl)c(Cl)c2)CC1. The fourth-order valence-electron chi connectivity index (χ4n) is 2.60. The van der Waals surface area contributed by atoms with Gasteiger partial charge in [0.15, 0.2) is 0 Å². The minimum Gasteiger partial charge on any atom is -0.353 e. The summed E-state index contributed by atoms with van der Waals surface area (Å²) in [5.74, 6) is -0.560. The predicted molar refractivity (Wildman–Crippen MR) is 100 cm³/mol. The van der Waals surface area contributed by atoms with E-state index in [2.05, 4.69) is 15.5 Å². The molecule has 0 bridgehead atoms. The highest BCUT2D eigenvalue weighted by atomic mass is 35.5. The lowest BCUT2D eigenvalue weighted by molar-refractivity contribution is -0.130. The van der Waals surface area contributed by atoms with E-state index in [0.29, 0.717) is 36.8 Å². The van der Waals surface area contributed by atoms with Crippen molar-refractivity contribution in [3.05, 3.63) is 33.8 Å². The van der Waals surface area contributed by atoms with Gasteiger partial charge in [0.05, 0.1) is 16.6 Å². The van der Waals surface area contributed by atoms with E-state index in [1.807, 2.05) is 4.90 Å². The first-order valence-electron chi connectivity index (χ1n) is 8.34. The zero-order valence-corrected chi connectivity index (χ0v) is 16.1. The molecule has 3 amide bonds. The van der Waals surface area contributed by atoms with Crippen LogP contribution in [-0.4, -0.2) is 73.3 Å². The largest absolute Gasteiger partial charge is 0.353 e. The molecule has 1 saturated heterocycles. The van der Waals surface area contributed by atoms with Crippen LogP contribution in [0.1, 0.15) is 17.3 Å². The Kier molecular flexibility index (Phi) is 7.68. The Bertz CT molecular complexity index is 676. The molecule has 1 aromatic rings. The molecule has 0 aromatic heterocycles. The molecule has 1 aliphatic rings. The number of amides is 3. The number of piperazine rings is 1. The highest BCUT2D eigenvalue weighted by molar-refractivity contribution is 6.42. The number of benzene rings is 1. The summed E-state index contributed by atoms with van der Waals surface area (Å²) >= 11 is 11.7. The van der Waals surface area contributed by atoms with E-state index in [-0.39, 0.29) is 29.3 Å². The number of hydrogen-bond donors (Lipinski definition) is 2. The number of nitrogens with one attached hydrogen (secondary N) is 2. The molecule has 1 heterocycles. The van der Waals surface area contributed by atoms with Crippen LogP contribution >= 0.6 is 23.2 Å². The molecule has 2 N–H and O–H groups in total. The van der Waals surface area contributed by atoms with E-state index in [1.54, 1.807) is 13.0 Å². The van der Waals surface area contributed by atoms with Crippen LogP contribution in [0.2, 0.25) is 10.0 Å². The zero-order chi connectivity index (χ0) is 19.1. The summed E-state index contributed by atoms with van der Waals surface area (Å²) < 4.78 is 0. The lowest BCUT2D eigenvalue weighted by atomic mass is 10.2. The molecule has 1 fully saturated rings. The Hall–Kier alpha value is -1.83. The van der Waals surface area contributed by atoms with Gasteiger partial charge < -0.3 is 15.5 Å². The first kappa shape index (κ1) is 20.5. The summed E-state index contributed by atoms with van der Waals surface area (Å²) in [5.41, 5.74) is 0.343. The molecular formula is C17H22Cl2N4O3. The van der Waals surface area contributed by atoms with Crippen molar-refractivity contribution < 1.29 is 14.4 Å². The molecule has 7 nitrogen and oxygen atoms in total. The van der Waals surface area contributed by atoms with Crippen LogP contribution in [0, 0.1) is 0 Å². The van der Waals surface area contributed by atoms with Gasteiger partial charge in [0.1, 0.15) is 0 Å². The van der Waals surface area contributed by atoms with Crippen molar-refractivity contribution in [2.75, 3.05) is 45.8 Å². The minimum absolute atomic E-state index is 0.0932. The molecule has 2 rings (SSSR count). The van der Waals surface area contributed by atoms with Crippen LogP contribution in [0.15, 0.2) is 18.2 Å². The number of carbonyl (C=O) groups is 3. The zero-order valence-electron chi connectivity index (χ0n) is 14.6. The van der Waals surface area contributed by atoms with E-state index in [4.69, 9.17) is 23.2 Å². The van der Waals surface area contributed by atoms with Crippen LogP contribution in [-0.2, 0) is 9.59 Å². The van der Waals surface area contributed by atoms with Gasteiger partial charge >= 0.3 is 0 Å². The van der Waals surface area contributed by atoms with Crippen LogP contribution in [0.3, 0.4) is 0 Å². The molecule has 1 aliphatic heterocycles. The quantitative estimate of drug-likeness (QED) is 0.746. The second-order valence-corrected chi connectivity index (χ2v) is 6.82. The third-order valence-electron chi connectivity index (χ3n) is 4.16. The van der Waals surface area contributed by atoms with E-state index in [0.717, 1.165) is 13.1 Å². The Morgan fingerprint density at radius 1 is 1.04 bits per heavy atom. The van der Waals surface area contributed by atoms with Gasteiger partial charge in [0.25, 0.3) is 5.91 Å². The maximum absolute atomic E-state index is 12.0. The van der Waals surface area contributed by atoms with Gasteiger partial charge in [-0.15, -0.1) is 0 Å². The monoisotopic (exact) mass is 400 g/mol. The third-order valence-corrected chi connectivity index (χ3v) is 4.90. The Balaban J connectivity index is 1.64. The summed E-state index contributed by atoms with van der Waals surface area (Å²) in [7, 11) is 0. The smallest absolute Gasteiger partial charge is 0.251 e. The molecule has 9 heteroatoms. The van der Waals surface area contributed by atoms with Crippen LogP contribution < -0.4 is 10.6 Å². The molecule has 0 spiro atoms. The van der Waals surface area contributed by atoms with Crippen molar-refractivity contribution in [1.29, 1.82) is 0 Å². The Morgan fingerprint density at radius 2 is 1.73 bits per heavy atom. The first-order chi connectivity index (χ1) is 12.4. The molecule has 0 unspecified atom stereocenters. The fraction of sp³-hybridized carbons (Fsp3) is 0.471. The van der Waals surface area contributed by atoms with Crippen LogP contribution in [0.25, 0.3) is 0 Å². The van der Waals surface area contributed by atoms with Gasteiger partial charge in [-0.3, -0.25) is 19.3 Å². The van der Waals surface area contributed by atoms with E-state index < -0.39 is 0 Å². The lowest BCUT2D eigenvalue weighted by Gasteiger charge is -2.34. The number of halogens is 2. The molecule has 26 heavy (non-hydrogen) atoms. The second-order valence-electron chi connectivity index (χ2n) is 6.01. The maximum atomic E-state index is 12.0. The molecule has 0 radical (unpaired) electrons. The van der Waals surface area contributed by atoms with Crippen molar-refractivity contribution >= 4 is 40.9 Å². The molecule has 142 valence electrons. The highest BCUT2D eigenvalue weighted by Crippen LogP contribution is 2.22. The van der Waals surface area contributed by atoms with Crippen molar-refractivity contribution in [3.63, 3.8) is 0 Å². The summed E-state index contributed by atoms with van der Waals surface area (Å²) in [6, 6.07) is 4.53. The van der Waals surface area contributed by atoms with Gasteiger partial charge in [-0.05, 0) is 18.2 Å². The minimum atomic E-state index is -0.390. The van der Waals surface area contributed by atoms with E-state index in [1.165, 1.54) is 12.1 Å². The Morgan fingerprint density at radius 3 is 2.35 bits per heavy atom. The van der Waals surface area contributed by atoms with E-state index >= 15 is 0 Å². The standard InChI is InChI=1S/C17H22Cl2N4O3/c1-12(24)23-8-6-22(7-9-23)5-4-20-16(25)11-21-17(26)13-2-3-14(18)15(19)10-13/h2-3,10H,4-9,11H2,1H3,(H,20,25)(H,21,26). The fourth-order valence-corrected chi connectivity index (χ4v) is 2.90. The van der Waals surface area contributed by atoms with Gasteiger partial charge in [-0.2, -0.15) is 0 Å². The summed E-state index contributed by atoms with van der Waals surface area (Å²) in [5, 5.41) is 5.96. The average Bonchev–Trinajstić information content (AvgIpc) is 2.62. The topological polar surface area (TPSA) is 81.8 Å². The predicted octanol–water partition coefficient (Wildman–Crippen LogP) is 1.00. The summed E-state index contributed by atoms with van der Waals surface area (Å²) in [6.07, 6.45) is 0. The average molecular weight is 401 g/mol. The van der Waals surface area contributed by atoms with Crippen molar-refractivity contribution in [3.8, 4) is 0 Å². The summed E-state index contributed by atoms with van der Waals surface area (Å²) in [4.78, 5) is 39.1. The number of rotatable bonds is 6. The van der Waals surface area contributed by atoms with Crippen molar-refractivity contribution in [1.82, 2.24) is 20.4 Å². The van der Waals surface area contributed by atoms with Crippen LogP contribution in [0.5, 0.6) is 0 Å². The summed E-state index contributed by atoms with van der Waals surface area (Å²) in [6.45, 7) is 5.66. The maximum Gasteiger partial charge on any atom is 0.251 e. The first-order valence-corrected chi connectivity index (χ1v) is 9.10. The van der Waals surface area contributed by atoms with Gasteiger partial charge in [-0.1, -0.05) is 23.2 Å². The highest BCUT2D eigenvalue weighted by Gasteiger charge is 2.18. The normalized spacial score (nSPS) is 14.8. The molecule has 0 atom stereocenters. The Labute approximate surface area is 162 Å². The molecule has 1 aromatic carbocycles. The van der Waals surface area contributed by atoms with Crippen LogP contribution in [0.4, 0.5) is 0 Å².